The fourth-order valence-corrected chi connectivity index (χ4v) is 1.75. The molecule has 0 saturated carbocycles. The van der Waals surface area contributed by atoms with E-state index >= 15 is 0 Å². The molecule has 1 aromatic rings. The topological polar surface area (TPSA) is 52.0 Å². The molecule has 0 saturated heterocycles. The van der Waals surface area contributed by atoms with Gasteiger partial charge in [-0.1, -0.05) is 42.5 Å². The molecule has 1 atom stereocenters. The number of rotatable bonds is 1. The minimum absolute atomic E-state index is 0.430. The van der Waals surface area contributed by atoms with Gasteiger partial charge in [-0.3, -0.25) is 0 Å². The number of hydrogen-bond donors (Lipinski definition) is 2. The summed E-state index contributed by atoms with van der Waals surface area (Å²) in [5.74, 6) is 0. The first-order valence-corrected chi connectivity index (χ1v) is 4.69. The van der Waals surface area contributed by atoms with Crippen molar-refractivity contribution in [3.63, 3.8) is 0 Å². The molecule has 1 unspecified atom stereocenters. The Morgan fingerprint density at radius 2 is 1.86 bits per heavy atom. The fourth-order valence-electron chi connectivity index (χ4n) is 1.75. The van der Waals surface area contributed by atoms with Crippen LogP contribution in [-0.4, -0.2) is 0 Å². The largest absolute Gasteiger partial charge is 0.402 e. The zero-order valence-corrected chi connectivity index (χ0v) is 7.98. The van der Waals surface area contributed by atoms with Gasteiger partial charge < -0.3 is 11.5 Å². The standard InChI is InChI=1S/C12H14N2/c13-11-7-4-8-12(14,9-11)10-5-2-1-3-6-10/h1-8H,9,13-14H2. The maximum Gasteiger partial charge on any atom is 0.0653 e. The van der Waals surface area contributed by atoms with E-state index in [1.807, 2.05) is 48.6 Å². The summed E-state index contributed by atoms with van der Waals surface area (Å²) in [5, 5.41) is 0. The summed E-state index contributed by atoms with van der Waals surface area (Å²) in [6.45, 7) is 0. The van der Waals surface area contributed by atoms with E-state index in [2.05, 4.69) is 0 Å². The molecule has 0 fully saturated rings. The number of allylic oxidation sites excluding steroid dienone is 2. The smallest absolute Gasteiger partial charge is 0.0653 e. The minimum atomic E-state index is -0.430. The summed E-state index contributed by atoms with van der Waals surface area (Å²) in [6.07, 6.45) is 6.51. The van der Waals surface area contributed by atoms with Crippen LogP contribution < -0.4 is 11.5 Å². The van der Waals surface area contributed by atoms with Crippen LogP contribution in [0.25, 0.3) is 0 Å². The molecule has 0 aliphatic heterocycles. The SMILES string of the molecule is NC1=CC=CC(N)(c2ccccc2)C1. The molecule has 4 N–H and O–H groups in total. The normalized spacial score (nSPS) is 25.9. The zero-order chi connectivity index (χ0) is 10.0. The molecule has 0 radical (unpaired) electrons. The van der Waals surface area contributed by atoms with Crippen molar-refractivity contribution in [2.45, 2.75) is 12.0 Å². The Morgan fingerprint density at radius 1 is 1.14 bits per heavy atom. The van der Waals surface area contributed by atoms with E-state index in [0.717, 1.165) is 11.3 Å². The lowest BCUT2D eigenvalue weighted by atomic mass is 9.84. The first-order valence-electron chi connectivity index (χ1n) is 4.69. The third kappa shape index (κ3) is 1.56. The van der Waals surface area contributed by atoms with Crippen molar-refractivity contribution in [3.05, 3.63) is 59.8 Å². The quantitative estimate of drug-likeness (QED) is 0.700. The second kappa shape index (κ2) is 3.31. The van der Waals surface area contributed by atoms with E-state index in [1.54, 1.807) is 0 Å². The number of hydrogen-bond acceptors (Lipinski definition) is 2. The molecule has 1 aromatic carbocycles. The summed E-state index contributed by atoms with van der Waals surface area (Å²) in [5.41, 5.74) is 13.5. The maximum absolute atomic E-state index is 6.26. The van der Waals surface area contributed by atoms with Crippen LogP contribution in [0.1, 0.15) is 12.0 Å². The molecule has 0 spiro atoms. The monoisotopic (exact) mass is 186 g/mol. The highest BCUT2D eigenvalue weighted by Gasteiger charge is 2.26. The predicted molar refractivity (Wildman–Crippen MR) is 58.3 cm³/mol. The van der Waals surface area contributed by atoms with Crippen LogP contribution in [0.4, 0.5) is 0 Å². The zero-order valence-electron chi connectivity index (χ0n) is 7.98. The van der Waals surface area contributed by atoms with Crippen molar-refractivity contribution in [2.24, 2.45) is 11.5 Å². The van der Waals surface area contributed by atoms with Gasteiger partial charge in [-0.15, -0.1) is 0 Å². The molecule has 1 aliphatic carbocycles. The Bertz CT molecular complexity index is 379. The highest BCUT2D eigenvalue weighted by atomic mass is 14.8. The van der Waals surface area contributed by atoms with Gasteiger partial charge in [0.25, 0.3) is 0 Å². The molecule has 2 rings (SSSR count). The highest BCUT2D eigenvalue weighted by molar-refractivity contribution is 5.35. The Labute approximate surface area is 83.9 Å². The first-order chi connectivity index (χ1) is 6.71. The Morgan fingerprint density at radius 3 is 2.50 bits per heavy atom. The lowest BCUT2D eigenvalue weighted by molar-refractivity contribution is 0.545. The van der Waals surface area contributed by atoms with E-state index in [-0.39, 0.29) is 0 Å². The molecular weight excluding hydrogens is 172 g/mol. The van der Waals surface area contributed by atoms with Crippen molar-refractivity contribution in [3.8, 4) is 0 Å². The van der Waals surface area contributed by atoms with Gasteiger partial charge in [0.15, 0.2) is 0 Å². The van der Waals surface area contributed by atoms with E-state index in [1.165, 1.54) is 0 Å². The van der Waals surface area contributed by atoms with Gasteiger partial charge in [-0.2, -0.15) is 0 Å². The van der Waals surface area contributed by atoms with Crippen molar-refractivity contribution in [2.75, 3.05) is 0 Å². The third-order valence-electron chi connectivity index (χ3n) is 2.51. The van der Waals surface area contributed by atoms with Gasteiger partial charge in [-0.05, 0) is 11.6 Å². The van der Waals surface area contributed by atoms with E-state index in [4.69, 9.17) is 11.5 Å². The van der Waals surface area contributed by atoms with Crippen LogP contribution in [0.5, 0.6) is 0 Å². The second-order valence-electron chi connectivity index (χ2n) is 3.68. The molecule has 14 heavy (non-hydrogen) atoms. The molecule has 0 bridgehead atoms. The molecule has 0 heterocycles. The molecule has 2 nitrogen and oxygen atoms in total. The molecule has 72 valence electrons. The Kier molecular flexibility index (Phi) is 2.14. The molecule has 1 aliphatic rings. The second-order valence-corrected chi connectivity index (χ2v) is 3.68. The number of nitrogens with two attached hydrogens (primary N) is 2. The molecule has 0 amide bonds. The maximum atomic E-state index is 6.26. The molecule has 2 heteroatoms. The summed E-state index contributed by atoms with van der Waals surface area (Å²) < 4.78 is 0. The third-order valence-corrected chi connectivity index (χ3v) is 2.51. The van der Waals surface area contributed by atoms with Crippen LogP contribution >= 0.6 is 0 Å². The highest BCUT2D eigenvalue weighted by Crippen LogP contribution is 2.28. The number of benzene rings is 1. The van der Waals surface area contributed by atoms with Crippen molar-refractivity contribution in [1.82, 2.24) is 0 Å². The molecule has 0 aromatic heterocycles. The van der Waals surface area contributed by atoms with Crippen molar-refractivity contribution < 1.29 is 0 Å². The summed E-state index contributed by atoms with van der Waals surface area (Å²) in [7, 11) is 0. The van der Waals surface area contributed by atoms with Crippen LogP contribution in [0, 0.1) is 0 Å². The lowest BCUT2D eigenvalue weighted by Gasteiger charge is -2.28. The van der Waals surface area contributed by atoms with Gasteiger partial charge in [0.2, 0.25) is 0 Å². The van der Waals surface area contributed by atoms with Crippen molar-refractivity contribution in [1.29, 1.82) is 0 Å². The van der Waals surface area contributed by atoms with E-state index in [9.17, 15) is 0 Å². The first kappa shape index (κ1) is 9.03. The average Bonchev–Trinajstić information content (AvgIpc) is 2.19. The van der Waals surface area contributed by atoms with Gasteiger partial charge in [0, 0.05) is 12.1 Å². The van der Waals surface area contributed by atoms with Crippen LogP contribution in [-0.2, 0) is 5.54 Å². The van der Waals surface area contributed by atoms with Crippen LogP contribution in [0.2, 0.25) is 0 Å². The van der Waals surface area contributed by atoms with Crippen molar-refractivity contribution >= 4 is 0 Å². The van der Waals surface area contributed by atoms with Gasteiger partial charge in [-0.25, -0.2) is 0 Å². The fraction of sp³-hybridized carbons (Fsp3) is 0.167. The van der Waals surface area contributed by atoms with E-state index in [0.29, 0.717) is 6.42 Å². The lowest BCUT2D eigenvalue weighted by Crippen LogP contribution is -2.37. The predicted octanol–water partition coefficient (Wildman–Crippen LogP) is 1.64. The average molecular weight is 186 g/mol. The summed E-state index contributed by atoms with van der Waals surface area (Å²) in [4.78, 5) is 0. The van der Waals surface area contributed by atoms with Crippen LogP contribution in [0.3, 0.4) is 0 Å². The van der Waals surface area contributed by atoms with Gasteiger partial charge in [0.1, 0.15) is 0 Å². The molecular formula is C12H14N2. The van der Waals surface area contributed by atoms with Gasteiger partial charge in [0.05, 0.1) is 5.54 Å². The Hall–Kier alpha value is -1.54. The van der Waals surface area contributed by atoms with Crippen LogP contribution in [0.15, 0.2) is 54.3 Å². The van der Waals surface area contributed by atoms with Gasteiger partial charge >= 0.3 is 0 Å². The summed E-state index contributed by atoms with van der Waals surface area (Å²) in [6, 6.07) is 10.0. The van der Waals surface area contributed by atoms with E-state index < -0.39 is 5.54 Å². The minimum Gasteiger partial charge on any atom is -0.402 e. The Balaban J connectivity index is 2.35. The summed E-state index contributed by atoms with van der Waals surface area (Å²) >= 11 is 0.